The second-order valence-corrected chi connectivity index (χ2v) is 8.96. The van der Waals surface area contributed by atoms with Crippen LogP contribution < -0.4 is 15.3 Å². The van der Waals surface area contributed by atoms with Crippen LogP contribution in [0.25, 0.3) is 27.9 Å². The molecule has 0 spiro atoms. The Morgan fingerprint density at radius 1 is 0.892 bits per heavy atom. The van der Waals surface area contributed by atoms with Crippen LogP contribution in [-0.4, -0.2) is 63.3 Å². The van der Waals surface area contributed by atoms with Gasteiger partial charge in [0.25, 0.3) is 0 Å². The van der Waals surface area contributed by atoms with Crippen LogP contribution in [0.15, 0.2) is 83.7 Å². The van der Waals surface area contributed by atoms with E-state index >= 15 is 0 Å². The Labute approximate surface area is 213 Å². The minimum Gasteiger partial charge on any atom is -0.495 e. The SMILES string of the molecule is COc1ccccc1N1CCN(C(=O)Cn2c(=O)n3nc(-c4ccccc4)nc3c3ccccc32)CC1. The third-order valence-corrected chi connectivity index (χ3v) is 6.84. The highest BCUT2D eigenvalue weighted by molar-refractivity contribution is 5.92. The summed E-state index contributed by atoms with van der Waals surface area (Å²) in [5.74, 6) is 1.19. The molecular formula is C28H26N6O3. The van der Waals surface area contributed by atoms with Gasteiger partial charge in [-0.2, -0.15) is 4.52 Å². The van der Waals surface area contributed by atoms with Gasteiger partial charge in [0.05, 0.1) is 18.3 Å². The summed E-state index contributed by atoms with van der Waals surface area (Å²) in [6.07, 6.45) is 0. The molecule has 1 saturated heterocycles. The molecule has 0 bridgehead atoms. The Morgan fingerprint density at radius 2 is 1.59 bits per heavy atom. The number of carbonyl (C=O) groups excluding carboxylic acids is 1. The van der Waals surface area contributed by atoms with Crippen molar-refractivity contribution in [2.75, 3.05) is 38.2 Å². The summed E-state index contributed by atoms with van der Waals surface area (Å²) in [7, 11) is 1.66. The quantitative estimate of drug-likeness (QED) is 0.373. The molecule has 0 atom stereocenters. The fourth-order valence-electron chi connectivity index (χ4n) is 4.92. The number of piperazine rings is 1. The molecule has 9 heteroatoms. The molecule has 0 unspecified atom stereocenters. The maximum atomic E-state index is 13.5. The molecule has 5 aromatic rings. The summed E-state index contributed by atoms with van der Waals surface area (Å²) in [6.45, 7) is 2.43. The van der Waals surface area contributed by atoms with Crippen molar-refractivity contribution < 1.29 is 9.53 Å². The van der Waals surface area contributed by atoms with Crippen molar-refractivity contribution >= 4 is 28.1 Å². The largest absolute Gasteiger partial charge is 0.495 e. The normalized spacial score (nSPS) is 13.9. The molecule has 0 N–H and O–H groups in total. The molecule has 1 aliphatic rings. The van der Waals surface area contributed by atoms with Crippen molar-refractivity contribution in [3.63, 3.8) is 0 Å². The van der Waals surface area contributed by atoms with Crippen molar-refractivity contribution in [3.05, 3.63) is 89.3 Å². The molecule has 3 heterocycles. The van der Waals surface area contributed by atoms with E-state index < -0.39 is 0 Å². The molecule has 0 aliphatic carbocycles. The highest BCUT2D eigenvalue weighted by atomic mass is 16.5. The molecule has 6 rings (SSSR count). The Bertz CT molecular complexity index is 1650. The molecule has 37 heavy (non-hydrogen) atoms. The van der Waals surface area contributed by atoms with Crippen LogP contribution in [0.2, 0.25) is 0 Å². The van der Waals surface area contributed by atoms with Crippen LogP contribution in [0.5, 0.6) is 5.75 Å². The predicted octanol–water partition coefficient (Wildman–Crippen LogP) is 3.07. The third-order valence-electron chi connectivity index (χ3n) is 6.84. The fraction of sp³-hybridized carbons (Fsp3) is 0.214. The Hall–Kier alpha value is -4.66. The molecule has 1 fully saturated rings. The number of aromatic nitrogens is 4. The number of hydrogen-bond donors (Lipinski definition) is 0. The molecule has 1 amide bonds. The molecule has 0 saturated carbocycles. The van der Waals surface area contributed by atoms with E-state index in [1.165, 1.54) is 9.08 Å². The summed E-state index contributed by atoms with van der Waals surface area (Å²) in [4.78, 5) is 35.6. The topological polar surface area (TPSA) is 85.0 Å². The van der Waals surface area contributed by atoms with E-state index in [1.807, 2.05) is 83.8 Å². The second kappa shape index (κ2) is 9.42. The van der Waals surface area contributed by atoms with Crippen LogP contribution in [0.3, 0.4) is 0 Å². The number of rotatable bonds is 5. The smallest absolute Gasteiger partial charge is 0.351 e. The molecule has 3 aromatic carbocycles. The zero-order chi connectivity index (χ0) is 25.4. The zero-order valence-corrected chi connectivity index (χ0v) is 20.4. The Balaban J connectivity index is 1.29. The van der Waals surface area contributed by atoms with E-state index in [1.54, 1.807) is 7.11 Å². The summed E-state index contributed by atoms with van der Waals surface area (Å²) >= 11 is 0. The van der Waals surface area contributed by atoms with Crippen molar-refractivity contribution in [2.24, 2.45) is 0 Å². The number of methoxy groups -OCH3 is 1. The number of hydrogen-bond acceptors (Lipinski definition) is 6. The predicted molar refractivity (Wildman–Crippen MR) is 142 cm³/mol. The third kappa shape index (κ3) is 4.08. The zero-order valence-electron chi connectivity index (χ0n) is 20.4. The van der Waals surface area contributed by atoms with Crippen LogP contribution in [0.4, 0.5) is 5.69 Å². The maximum Gasteiger partial charge on any atom is 0.351 e. The lowest BCUT2D eigenvalue weighted by Crippen LogP contribution is -2.50. The number of nitrogens with zero attached hydrogens (tertiary/aromatic N) is 6. The first-order chi connectivity index (χ1) is 18.1. The van der Waals surface area contributed by atoms with Crippen molar-refractivity contribution in [3.8, 4) is 17.1 Å². The lowest BCUT2D eigenvalue weighted by Gasteiger charge is -2.36. The summed E-state index contributed by atoms with van der Waals surface area (Å²) in [6, 6.07) is 24.9. The standard InChI is InChI=1S/C28H26N6O3/c1-37-24-14-8-7-13-23(24)31-15-17-32(18-16-31)25(35)19-33-22-12-6-5-11-21(22)27-29-26(30-34(27)28(33)36)20-9-3-2-4-10-20/h2-14H,15-19H2,1H3. The number of anilines is 1. The van der Waals surface area contributed by atoms with E-state index in [4.69, 9.17) is 4.74 Å². The van der Waals surface area contributed by atoms with Gasteiger partial charge in [0, 0.05) is 37.1 Å². The van der Waals surface area contributed by atoms with E-state index in [-0.39, 0.29) is 18.1 Å². The number of amides is 1. The lowest BCUT2D eigenvalue weighted by molar-refractivity contribution is -0.132. The Kier molecular flexibility index (Phi) is 5.80. The van der Waals surface area contributed by atoms with Gasteiger partial charge in [0.15, 0.2) is 11.5 Å². The van der Waals surface area contributed by atoms with Gasteiger partial charge in [-0.3, -0.25) is 9.36 Å². The number of para-hydroxylation sites is 3. The second-order valence-electron chi connectivity index (χ2n) is 8.96. The minimum atomic E-state index is -0.385. The number of fused-ring (bicyclic) bond motifs is 3. The van der Waals surface area contributed by atoms with Crippen LogP contribution in [-0.2, 0) is 11.3 Å². The first-order valence-electron chi connectivity index (χ1n) is 12.2. The molecule has 2 aromatic heterocycles. The first kappa shape index (κ1) is 22.8. The average Bonchev–Trinajstić information content (AvgIpc) is 3.42. The van der Waals surface area contributed by atoms with Gasteiger partial charge in [-0.1, -0.05) is 54.6 Å². The fourth-order valence-corrected chi connectivity index (χ4v) is 4.92. The molecule has 1 aliphatic heterocycles. The van der Waals surface area contributed by atoms with Gasteiger partial charge in [-0.05, 0) is 24.3 Å². The summed E-state index contributed by atoms with van der Waals surface area (Å²) < 4.78 is 8.30. The summed E-state index contributed by atoms with van der Waals surface area (Å²) in [5, 5.41) is 5.27. The number of benzene rings is 3. The van der Waals surface area contributed by atoms with Crippen molar-refractivity contribution in [1.29, 1.82) is 0 Å². The maximum absolute atomic E-state index is 13.5. The van der Waals surface area contributed by atoms with Gasteiger partial charge in [-0.15, -0.1) is 5.10 Å². The Morgan fingerprint density at radius 3 is 2.38 bits per heavy atom. The van der Waals surface area contributed by atoms with Crippen molar-refractivity contribution in [1.82, 2.24) is 24.1 Å². The minimum absolute atomic E-state index is 0.0650. The van der Waals surface area contributed by atoms with Gasteiger partial charge in [-0.25, -0.2) is 9.78 Å². The average molecular weight is 495 g/mol. The van der Waals surface area contributed by atoms with Crippen LogP contribution in [0, 0.1) is 0 Å². The van der Waals surface area contributed by atoms with Crippen LogP contribution >= 0.6 is 0 Å². The van der Waals surface area contributed by atoms with Gasteiger partial charge in [0.1, 0.15) is 12.3 Å². The molecule has 9 nitrogen and oxygen atoms in total. The number of ether oxygens (including phenoxy) is 1. The van der Waals surface area contributed by atoms with Crippen molar-refractivity contribution in [2.45, 2.75) is 6.54 Å². The number of carbonyl (C=O) groups is 1. The van der Waals surface area contributed by atoms with Gasteiger partial charge < -0.3 is 14.5 Å². The highest BCUT2D eigenvalue weighted by Crippen LogP contribution is 2.28. The van der Waals surface area contributed by atoms with Gasteiger partial charge in [0.2, 0.25) is 5.91 Å². The van der Waals surface area contributed by atoms with Crippen LogP contribution in [0.1, 0.15) is 0 Å². The highest BCUT2D eigenvalue weighted by Gasteiger charge is 2.24. The van der Waals surface area contributed by atoms with E-state index in [9.17, 15) is 9.59 Å². The van der Waals surface area contributed by atoms with E-state index in [0.717, 1.165) is 22.4 Å². The molecule has 186 valence electrons. The van der Waals surface area contributed by atoms with Gasteiger partial charge >= 0.3 is 5.69 Å². The van der Waals surface area contributed by atoms with E-state index in [0.29, 0.717) is 43.2 Å². The molecular weight excluding hydrogens is 468 g/mol. The first-order valence-corrected chi connectivity index (χ1v) is 12.2. The summed E-state index contributed by atoms with van der Waals surface area (Å²) in [5.41, 5.74) is 2.60. The lowest BCUT2D eigenvalue weighted by atomic mass is 10.2. The molecule has 0 radical (unpaired) electrons. The monoisotopic (exact) mass is 494 g/mol. The van der Waals surface area contributed by atoms with E-state index in [2.05, 4.69) is 15.0 Å².